The van der Waals surface area contributed by atoms with Crippen LogP contribution in [0.15, 0.2) is 24.3 Å². The van der Waals surface area contributed by atoms with Gasteiger partial charge in [0.1, 0.15) is 6.04 Å². The van der Waals surface area contributed by atoms with Crippen molar-refractivity contribution in [3.05, 3.63) is 39.9 Å². The van der Waals surface area contributed by atoms with E-state index in [4.69, 9.17) is 4.74 Å². The normalized spacial score (nSPS) is 11.5. The van der Waals surface area contributed by atoms with Gasteiger partial charge in [-0.3, -0.25) is 10.1 Å². The molecule has 9 heteroatoms. The molecule has 0 aromatic heterocycles. The van der Waals surface area contributed by atoms with Gasteiger partial charge in [0.05, 0.1) is 11.5 Å². The minimum atomic E-state index is -0.694. The molecule has 1 atom stereocenters. The van der Waals surface area contributed by atoms with Crippen LogP contribution in [0.5, 0.6) is 0 Å². The topological polar surface area (TPSA) is 102 Å². The molecule has 0 bridgehead atoms. The average Bonchev–Trinajstić information content (AvgIpc) is 2.63. The Morgan fingerprint density at radius 2 is 1.96 bits per heavy atom. The number of hydrogen-bond donors (Lipinski definition) is 1. The number of nitro benzene ring substituents is 1. The van der Waals surface area contributed by atoms with Gasteiger partial charge in [0.25, 0.3) is 5.69 Å². The maximum absolute atomic E-state index is 12.5. The highest BCUT2D eigenvalue weighted by molar-refractivity contribution is 7.98. The van der Waals surface area contributed by atoms with E-state index in [2.05, 4.69) is 5.32 Å². The fourth-order valence-electron chi connectivity index (χ4n) is 2.24. The van der Waals surface area contributed by atoms with Crippen molar-refractivity contribution in [2.45, 2.75) is 32.9 Å². The van der Waals surface area contributed by atoms with Crippen LogP contribution in [0.4, 0.5) is 10.5 Å². The molecule has 0 radical (unpaired) electrons. The highest BCUT2D eigenvalue weighted by Crippen LogP contribution is 2.14. The van der Waals surface area contributed by atoms with E-state index in [1.807, 2.05) is 13.2 Å². The Labute approximate surface area is 157 Å². The van der Waals surface area contributed by atoms with Crippen molar-refractivity contribution < 1.29 is 19.2 Å². The summed E-state index contributed by atoms with van der Waals surface area (Å²) in [7, 11) is 0. The van der Waals surface area contributed by atoms with E-state index in [1.54, 1.807) is 30.8 Å². The van der Waals surface area contributed by atoms with Crippen molar-refractivity contribution >= 4 is 29.4 Å². The monoisotopic (exact) mass is 383 g/mol. The lowest BCUT2D eigenvalue weighted by atomic mass is 10.2. The number of esters is 1. The Bertz CT molecular complexity index is 609. The predicted octanol–water partition coefficient (Wildman–Crippen LogP) is 2.81. The molecule has 26 heavy (non-hydrogen) atoms. The number of carbonyl (C=O) groups is 2. The maximum atomic E-state index is 12.5. The van der Waals surface area contributed by atoms with Gasteiger partial charge in [-0.15, -0.1) is 0 Å². The summed E-state index contributed by atoms with van der Waals surface area (Å²) in [6.45, 7) is 4.52. The van der Waals surface area contributed by atoms with E-state index in [9.17, 15) is 19.7 Å². The van der Waals surface area contributed by atoms with E-state index in [1.165, 1.54) is 17.0 Å². The Morgan fingerprint density at radius 1 is 1.31 bits per heavy atom. The zero-order valence-corrected chi connectivity index (χ0v) is 16.1. The number of non-ortho nitro benzene ring substituents is 1. The number of carbonyl (C=O) groups excluding carboxylic acids is 2. The molecular formula is C17H25N3O5S. The molecule has 144 valence electrons. The maximum Gasteiger partial charge on any atom is 0.328 e. The third-order valence-electron chi connectivity index (χ3n) is 3.67. The molecule has 0 saturated heterocycles. The quantitative estimate of drug-likeness (QED) is 0.379. The van der Waals surface area contributed by atoms with Gasteiger partial charge in [-0.1, -0.05) is 12.1 Å². The largest absolute Gasteiger partial charge is 0.464 e. The van der Waals surface area contributed by atoms with Crippen molar-refractivity contribution in [2.24, 2.45) is 0 Å². The zero-order valence-electron chi connectivity index (χ0n) is 15.3. The highest BCUT2D eigenvalue weighted by Gasteiger charge is 2.24. The van der Waals surface area contributed by atoms with Crippen molar-refractivity contribution in [3.8, 4) is 0 Å². The van der Waals surface area contributed by atoms with Gasteiger partial charge in [-0.25, -0.2) is 9.59 Å². The molecule has 1 aromatic rings. The molecule has 1 aromatic carbocycles. The SMILES string of the molecule is CCOC(=O)C(CCSC)NC(=O)N(CC)Cc1ccc([N+](=O)[O-])cc1. The molecule has 0 spiro atoms. The Hall–Kier alpha value is -2.29. The van der Waals surface area contributed by atoms with Crippen LogP contribution in [-0.4, -0.2) is 53.0 Å². The van der Waals surface area contributed by atoms with E-state index >= 15 is 0 Å². The zero-order chi connectivity index (χ0) is 19.5. The van der Waals surface area contributed by atoms with E-state index in [0.717, 1.165) is 11.3 Å². The number of amides is 2. The minimum Gasteiger partial charge on any atom is -0.464 e. The molecule has 0 heterocycles. The van der Waals surface area contributed by atoms with Crippen molar-refractivity contribution in [1.29, 1.82) is 0 Å². The Balaban J connectivity index is 2.75. The lowest BCUT2D eigenvalue weighted by molar-refractivity contribution is -0.384. The molecule has 0 aliphatic heterocycles. The van der Waals surface area contributed by atoms with Crippen LogP contribution >= 0.6 is 11.8 Å². The molecule has 1 rings (SSSR count). The number of thioether (sulfide) groups is 1. The fourth-order valence-corrected chi connectivity index (χ4v) is 2.71. The number of rotatable bonds is 10. The summed E-state index contributed by atoms with van der Waals surface area (Å²) >= 11 is 1.59. The molecule has 0 fully saturated rings. The number of nitrogens with one attached hydrogen (secondary N) is 1. The van der Waals surface area contributed by atoms with Gasteiger partial charge in [-0.2, -0.15) is 11.8 Å². The second-order valence-electron chi connectivity index (χ2n) is 5.47. The summed E-state index contributed by atoms with van der Waals surface area (Å²) < 4.78 is 5.02. The first-order valence-electron chi connectivity index (χ1n) is 8.37. The van der Waals surface area contributed by atoms with E-state index < -0.39 is 16.9 Å². The first-order chi connectivity index (χ1) is 12.4. The second kappa shape index (κ2) is 11.3. The molecule has 0 aliphatic carbocycles. The van der Waals surface area contributed by atoms with Gasteiger partial charge in [0, 0.05) is 25.2 Å². The average molecular weight is 383 g/mol. The van der Waals surface area contributed by atoms with Crippen molar-refractivity contribution in [3.63, 3.8) is 0 Å². The van der Waals surface area contributed by atoms with Crippen molar-refractivity contribution in [1.82, 2.24) is 10.2 Å². The number of nitro groups is 1. The predicted molar refractivity (Wildman–Crippen MR) is 101 cm³/mol. The van der Waals surface area contributed by atoms with Crippen LogP contribution in [0.2, 0.25) is 0 Å². The van der Waals surface area contributed by atoms with Gasteiger partial charge in [-0.05, 0) is 37.8 Å². The van der Waals surface area contributed by atoms with Gasteiger partial charge < -0.3 is 15.0 Å². The van der Waals surface area contributed by atoms with Crippen LogP contribution < -0.4 is 5.32 Å². The Kier molecular flexibility index (Phi) is 9.50. The first kappa shape index (κ1) is 21.8. The molecule has 1 unspecified atom stereocenters. The van der Waals surface area contributed by atoms with Gasteiger partial charge in [0.15, 0.2) is 0 Å². The van der Waals surface area contributed by atoms with Crippen molar-refractivity contribution in [2.75, 3.05) is 25.2 Å². The summed E-state index contributed by atoms with van der Waals surface area (Å²) in [5.41, 5.74) is 0.769. The molecule has 0 saturated carbocycles. The minimum absolute atomic E-state index is 0.000640. The second-order valence-corrected chi connectivity index (χ2v) is 6.46. The number of nitrogens with zero attached hydrogens (tertiary/aromatic N) is 2. The number of benzene rings is 1. The summed E-state index contributed by atoms with van der Waals surface area (Å²) in [5.74, 6) is 0.277. The van der Waals surface area contributed by atoms with E-state index in [-0.39, 0.29) is 18.3 Å². The molecule has 8 nitrogen and oxygen atoms in total. The summed E-state index contributed by atoms with van der Waals surface area (Å²) in [6, 6.07) is 4.97. The lowest BCUT2D eigenvalue weighted by Crippen LogP contribution is -2.48. The first-order valence-corrected chi connectivity index (χ1v) is 9.76. The summed E-state index contributed by atoms with van der Waals surface area (Å²) in [4.78, 5) is 36.3. The standard InChI is InChI=1S/C17H25N3O5S/c1-4-19(12-13-6-8-14(9-7-13)20(23)24)17(22)18-15(10-11-26-3)16(21)25-5-2/h6-9,15H,4-5,10-12H2,1-3H3,(H,18,22). The third kappa shape index (κ3) is 6.91. The highest BCUT2D eigenvalue weighted by atomic mass is 32.2. The number of hydrogen-bond acceptors (Lipinski definition) is 6. The van der Waals surface area contributed by atoms with E-state index in [0.29, 0.717) is 19.5 Å². The molecular weight excluding hydrogens is 358 g/mol. The van der Waals surface area contributed by atoms with Crippen LogP contribution in [0.25, 0.3) is 0 Å². The summed E-state index contributed by atoms with van der Waals surface area (Å²) in [6.07, 6.45) is 2.41. The molecule has 0 aliphatic rings. The van der Waals surface area contributed by atoms with Gasteiger partial charge in [0.2, 0.25) is 0 Å². The lowest BCUT2D eigenvalue weighted by Gasteiger charge is -2.25. The molecule has 1 N–H and O–H groups in total. The van der Waals surface area contributed by atoms with Crippen LogP contribution in [0, 0.1) is 10.1 Å². The Morgan fingerprint density at radius 3 is 2.46 bits per heavy atom. The fraction of sp³-hybridized carbons (Fsp3) is 0.529. The van der Waals surface area contributed by atoms with Crippen LogP contribution in [-0.2, 0) is 16.1 Å². The summed E-state index contributed by atoms with van der Waals surface area (Å²) in [5, 5.41) is 13.4. The van der Waals surface area contributed by atoms with Crippen LogP contribution in [0.3, 0.4) is 0 Å². The number of ether oxygens (including phenoxy) is 1. The smallest absolute Gasteiger partial charge is 0.328 e. The van der Waals surface area contributed by atoms with Gasteiger partial charge >= 0.3 is 12.0 Å². The van der Waals surface area contributed by atoms with Crippen LogP contribution in [0.1, 0.15) is 25.8 Å². The number of urea groups is 1. The third-order valence-corrected chi connectivity index (χ3v) is 4.31. The molecule has 2 amide bonds.